The fourth-order valence-electron chi connectivity index (χ4n) is 2.90. The maximum Gasteiger partial charge on any atom is 0.259 e. The maximum absolute atomic E-state index is 12.9. The molecular formula is C19H26N4O2S. The number of nitrogens with zero attached hydrogens (tertiary/aromatic N) is 2. The van der Waals surface area contributed by atoms with Crippen molar-refractivity contribution in [3.63, 3.8) is 0 Å². The van der Waals surface area contributed by atoms with Crippen molar-refractivity contribution < 1.29 is 10.0 Å². The minimum Gasteiger partial charge on any atom is -0.859 e. The molecule has 0 aliphatic rings. The van der Waals surface area contributed by atoms with Gasteiger partial charge in [-0.1, -0.05) is 17.7 Å². The number of aromatic amines is 1. The summed E-state index contributed by atoms with van der Waals surface area (Å²) < 4.78 is 1.46. The van der Waals surface area contributed by atoms with Crippen LogP contribution in [-0.4, -0.2) is 41.9 Å². The third-order valence-electron chi connectivity index (χ3n) is 4.51. The average molecular weight is 375 g/mol. The second kappa shape index (κ2) is 8.91. The maximum atomic E-state index is 12.9. The first-order valence-electron chi connectivity index (χ1n) is 8.86. The lowest BCUT2D eigenvalue weighted by atomic mass is 10.1. The van der Waals surface area contributed by atoms with Gasteiger partial charge in [0.1, 0.15) is 0 Å². The lowest BCUT2D eigenvalue weighted by molar-refractivity contribution is -0.894. The van der Waals surface area contributed by atoms with Gasteiger partial charge in [0.2, 0.25) is 0 Å². The highest BCUT2D eigenvalue weighted by Crippen LogP contribution is 2.20. The van der Waals surface area contributed by atoms with Gasteiger partial charge in [-0.15, -0.1) is 0 Å². The van der Waals surface area contributed by atoms with Crippen LogP contribution in [0.3, 0.4) is 0 Å². The quantitative estimate of drug-likeness (QED) is 0.559. The highest BCUT2D eigenvalue weighted by molar-refractivity contribution is 7.71. The standard InChI is InChI=1S/C19H26N4O2S/c1-5-22(6-2)10-9-20-12-15-17(24)21-19(26)23(18(15)25)16-8-7-13(3)11-14(16)4/h7-8,11-12,25H,5-6,9-10H2,1-4H3,(H,21,24,26). The molecule has 2 rings (SSSR count). The summed E-state index contributed by atoms with van der Waals surface area (Å²) in [5, 5.41) is 12.9. The molecule has 7 heteroatoms. The molecule has 0 fully saturated rings. The van der Waals surface area contributed by atoms with Gasteiger partial charge in [0.05, 0.1) is 31.7 Å². The van der Waals surface area contributed by atoms with Crippen molar-refractivity contribution >= 4 is 18.4 Å². The van der Waals surface area contributed by atoms with Crippen LogP contribution >= 0.6 is 12.2 Å². The number of aryl methyl sites for hydroxylation is 2. The Morgan fingerprint density at radius 1 is 1.31 bits per heavy atom. The Kier molecular flexibility index (Phi) is 6.88. The van der Waals surface area contributed by atoms with Crippen molar-refractivity contribution in [2.45, 2.75) is 27.7 Å². The zero-order chi connectivity index (χ0) is 19.3. The van der Waals surface area contributed by atoms with Crippen LogP contribution in [0.1, 0.15) is 30.5 Å². The van der Waals surface area contributed by atoms with E-state index in [1.165, 1.54) is 15.7 Å². The molecule has 1 heterocycles. The molecule has 2 aromatic rings. The Balaban J connectivity index is 2.40. The highest BCUT2D eigenvalue weighted by Gasteiger charge is 2.09. The lowest BCUT2D eigenvalue weighted by Gasteiger charge is -2.21. The van der Waals surface area contributed by atoms with Crippen LogP contribution in [0.15, 0.2) is 28.0 Å². The molecule has 0 unspecified atom stereocenters. The Bertz CT molecular complexity index is 911. The second-order valence-corrected chi connectivity index (χ2v) is 6.73. The van der Waals surface area contributed by atoms with Gasteiger partial charge in [0.25, 0.3) is 5.56 Å². The average Bonchev–Trinajstić information content (AvgIpc) is 2.59. The smallest absolute Gasteiger partial charge is 0.259 e. The minimum absolute atomic E-state index is 0.00752. The van der Waals surface area contributed by atoms with E-state index in [1.807, 2.05) is 32.0 Å². The molecule has 26 heavy (non-hydrogen) atoms. The third kappa shape index (κ3) is 4.47. The highest BCUT2D eigenvalue weighted by atomic mass is 32.1. The van der Waals surface area contributed by atoms with Crippen LogP contribution in [0.5, 0.6) is 5.88 Å². The molecule has 1 aromatic carbocycles. The first-order chi connectivity index (χ1) is 12.4. The molecule has 0 aliphatic heterocycles. The molecule has 2 N–H and O–H groups in total. The summed E-state index contributed by atoms with van der Waals surface area (Å²) in [6, 6.07) is 5.72. The fraction of sp³-hybridized carbons (Fsp3) is 0.421. The van der Waals surface area contributed by atoms with Crippen LogP contribution in [0.25, 0.3) is 5.69 Å². The first kappa shape index (κ1) is 20.1. The van der Waals surface area contributed by atoms with Crippen molar-refractivity contribution in [2.24, 2.45) is 4.99 Å². The molecule has 0 saturated heterocycles. The summed E-state index contributed by atoms with van der Waals surface area (Å²) in [6.07, 6.45) is 1.37. The fourth-order valence-corrected chi connectivity index (χ4v) is 3.18. The monoisotopic (exact) mass is 374 g/mol. The zero-order valence-corrected chi connectivity index (χ0v) is 16.6. The lowest BCUT2D eigenvalue weighted by Crippen LogP contribution is -3.11. The van der Waals surface area contributed by atoms with Crippen LogP contribution in [0.2, 0.25) is 0 Å². The van der Waals surface area contributed by atoms with E-state index in [1.54, 1.807) is 0 Å². The predicted molar refractivity (Wildman–Crippen MR) is 106 cm³/mol. The van der Waals surface area contributed by atoms with Crippen molar-refractivity contribution in [3.05, 3.63) is 50.0 Å². The molecule has 0 amide bonds. The molecule has 1 aromatic heterocycles. The summed E-state index contributed by atoms with van der Waals surface area (Å²) in [5.74, 6) is -0.440. The van der Waals surface area contributed by atoms with Crippen molar-refractivity contribution in [2.75, 3.05) is 26.2 Å². The molecule has 0 bridgehead atoms. The number of quaternary nitrogens is 1. The van der Waals surface area contributed by atoms with E-state index >= 15 is 0 Å². The van der Waals surface area contributed by atoms with Crippen molar-refractivity contribution in [1.82, 2.24) is 9.55 Å². The number of nitrogens with one attached hydrogen (secondary N) is 2. The largest absolute Gasteiger partial charge is 0.859 e. The molecule has 140 valence electrons. The Hall–Kier alpha value is -2.25. The topological polar surface area (TPSA) is 77.7 Å². The van der Waals surface area contributed by atoms with E-state index in [0.717, 1.165) is 30.8 Å². The number of H-pyrrole nitrogens is 1. The SMILES string of the molecule is CC[NH+](CC)CCN=Cc1c([O-])n(-c2ccc(C)cc2C)c(=S)[nH]c1=O. The predicted octanol–water partition coefficient (Wildman–Crippen LogP) is 0.929. The number of benzene rings is 1. The minimum atomic E-state index is -0.500. The Morgan fingerprint density at radius 3 is 2.62 bits per heavy atom. The number of hydrogen-bond acceptors (Lipinski definition) is 4. The van der Waals surface area contributed by atoms with Gasteiger partial charge in [0, 0.05) is 11.9 Å². The summed E-state index contributed by atoms with van der Waals surface area (Å²) in [5.41, 5.74) is 2.19. The van der Waals surface area contributed by atoms with Crippen LogP contribution in [-0.2, 0) is 0 Å². The third-order valence-corrected chi connectivity index (χ3v) is 4.79. The summed E-state index contributed by atoms with van der Waals surface area (Å²) in [4.78, 5) is 20.5. The van der Waals surface area contributed by atoms with Gasteiger partial charge in [-0.25, -0.2) is 0 Å². The van der Waals surface area contributed by atoms with E-state index in [-0.39, 0.29) is 10.3 Å². The number of rotatable bonds is 7. The van der Waals surface area contributed by atoms with Gasteiger partial charge in [-0.2, -0.15) is 0 Å². The molecule has 0 saturated carbocycles. The van der Waals surface area contributed by atoms with Crippen molar-refractivity contribution in [3.8, 4) is 11.6 Å². The number of likely N-dealkylation sites (N-methyl/N-ethyl adjacent to an activating group) is 1. The van der Waals surface area contributed by atoms with Gasteiger partial charge >= 0.3 is 0 Å². The Labute approximate surface area is 158 Å². The van der Waals surface area contributed by atoms with Gasteiger partial charge in [-0.3, -0.25) is 14.8 Å². The molecule has 0 spiro atoms. The van der Waals surface area contributed by atoms with Crippen LogP contribution < -0.4 is 15.6 Å². The molecule has 0 aliphatic carbocycles. The van der Waals surface area contributed by atoms with Crippen molar-refractivity contribution in [1.29, 1.82) is 0 Å². The first-order valence-corrected chi connectivity index (χ1v) is 9.27. The summed E-state index contributed by atoms with van der Waals surface area (Å²) in [6.45, 7) is 11.6. The molecule has 0 radical (unpaired) electrons. The van der Waals surface area contributed by atoms with E-state index in [0.29, 0.717) is 12.2 Å². The second-order valence-electron chi connectivity index (χ2n) is 6.35. The van der Waals surface area contributed by atoms with Crippen LogP contribution in [0.4, 0.5) is 0 Å². The van der Waals surface area contributed by atoms with E-state index in [4.69, 9.17) is 12.2 Å². The van der Waals surface area contributed by atoms with Gasteiger partial charge in [0.15, 0.2) is 4.77 Å². The number of hydrogen-bond donors (Lipinski definition) is 2. The summed E-state index contributed by atoms with van der Waals surface area (Å²) in [7, 11) is 0. The zero-order valence-electron chi connectivity index (χ0n) is 15.8. The molecule has 6 nitrogen and oxygen atoms in total. The van der Waals surface area contributed by atoms with Gasteiger partial charge < -0.3 is 14.6 Å². The summed E-state index contributed by atoms with van der Waals surface area (Å²) >= 11 is 5.22. The van der Waals surface area contributed by atoms with Crippen LogP contribution in [0, 0.1) is 18.6 Å². The molecule has 0 atom stereocenters. The van der Waals surface area contributed by atoms with E-state index in [9.17, 15) is 9.90 Å². The number of aromatic nitrogens is 2. The normalized spacial score (nSPS) is 11.6. The van der Waals surface area contributed by atoms with Gasteiger partial charge in [-0.05, 0) is 57.4 Å². The Morgan fingerprint density at radius 2 is 2.00 bits per heavy atom. The van der Waals surface area contributed by atoms with E-state index < -0.39 is 11.4 Å². The molecular weight excluding hydrogens is 348 g/mol. The van der Waals surface area contributed by atoms with E-state index in [2.05, 4.69) is 23.8 Å². The number of aliphatic imine (C=N–C) groups is 1.